The van der Waals surface area contributed by atoms with Crippen molar-refractivity contribution in [3.05, 3.63) is 0 Å². The van der Waals surface area contributed by atoms with Crippen LogP contribution in [-0.2, 0) is 9.53 Å². The molecule has 0 aliphatic heterocycles. The Morgan fingerprint density at radius 2 is 2.06 bits per heavy atom. The van der Waals surface area contributed by atoms with Crippen LogP contribution < -0.4 is 5.32 Å². The summed E-state index contributed by atoms with van der Waals surface area (Å²) < 4.78 is 5.05. The van der Waals surface area contributed by atoms with Gasteiger partial charge in [-0.2, -0.15) is 0 Å². The Labute approximate surface area is 102 Å². The molecule has 2 aliphatic carbocycles. The molecule has 0 spiro atoms. The number of Topliss-reactive ketones (excluding diaryl/α,β-unsaturated/α-hetero) is 1. The third kappa shape index (κ3) is 3.72. The van der Waals surface area contributed by atoms with Crippen molar-refractivity contribution in [2.45, 2.75) is 57.4 Å². The Morgan fingerprint density at radius 3 is 2.65 bits per heavy atom. The molecule has 2 rings (SSSR count). The number of amides is 1. The zero-order valence-corrected chi connectivity index (χ0v) is 10.2. The number of ether oxygens (including phenoxy) is 1. The van der Waals surface area contributed by atoms with Crippen LogP contribution in [0.3, 0.4) is 0 Å². The van der Waals surface area contributed by atoms with Gasteiger partial charge in [0.2, 0.25) is 0 Å². The molecule has 0 saturated heterocycles. The van der Waals surface area contributed by atoms with Crippen LogP contribution >= 0.6 is 0 Å². The molecule has 2 saturated carbocycles. The number of ketones is 1. The predicted octanol–water partition coefficient (Wildman–Crippen LogP) is 2.41. The Hall–Kier alpha value is -1.06. The number of carbonyl (C=O) groups excluding carboxylic acids is 2. The van der Waals surface area contributed by atoms with E-state index >= 15 is 0 Å². The van der Waals surface area contributed by atoms with Crippen molar-refractivity contribution in [1.82, 2.24) is 5.32 Å². The van der Waals surface area contributed by atoms with E-state index in [1.54, 1.807) is 0 Å². The van der Waals surface area contributed by atoms with Crippen LogP contribution in [0.1, 0.15) is 51.4 Å². The standard InChI is InChI=1S/C13H21NO3/c15-12-8-7-11(12)14-13(16)17-9-3-6-10-4-1-2-5-10/h10-11H,1-9H2,(H,14,16)/t11-/m0/s1. The highest BCUT2D eigenvalue weighted by Gasteiger charge is 2.29. The molecule has 1 atom stereocenters. The van der Waals surface area contributed by atoms with Gasteiger partial charge in [0.25, 0.3) is 0 Å². The second-order valence-corrected chi connectivity index (χ2v) is 5.13. The van der Waals surface area contributed by atoms with E-state index in [-0.39, 0.29) is 11.8 Å². The maximum absolute atomic E-state index is 11.3. The number of hydrogen-bond acceptors (Lipinski definition) is 3. The van der Waals surface area contributed by atoms with E-state index < -0.39 is 6.09 Å². The topological polar surface area (TPSA) is 55.4 Å². The van der Waals surface area contributed by atoms with E-state index in [9.17, 15) is 9.59 Å². The number of hydrogen-bond donors (Lipinski definition) is 1. The summed E-state index contributed by atoms with van der Waals surface area (Å²) >= 11 is 0. The van der Waals surface area contributed by atoms with Crippen molar-refractivity contribution in [2.24, 2.45) is 5.92 Å². The van der Waals surface area contributed by atoms with Gasteiger partial charge >= 0.3 is 6.09 Å². The van der Waals surface area contributed by atoms with Gasteiger partial charge in [0.15, 0.2) is 5.78 Å². The lowest BCUT2D eigenvalue weighted by atomic mass is 9.91. The Morgan fingerprint density at radius 1 is 1.29 bits per heavy atom. The summed E-state index contributed by atoms with van der Waals surface area (Å²) in [7, 11) is 0. The van der Waals surface area contributed by atoms with E-state index in [0.717, 1.165) is 25.2 Å². The smallest absolute Gasteiger partial charge is 0.407 e. The van der Waals surface area contributed by atoms with Gasteiger partial charge in [-0.25, -0.2) is 4.79 Å². The third-order valence-electron chi connectivity index (χ3n) is 3.82. The summed E-state index contributed by atoms with van der Waals surface area (Å²) in [5, 5.41) is 2.58. The second kappa shape index (κ2) is 6.03. The fraction of sp³-hybridized carbons (Fsp3) is 0.846. The molecule has 0 heterocycles. The monoisotopic (exact) mass is 239 g/mol. The molecule has 0 aromatic rings. The van der Waals surface area contributed by atoms with Gasteiger partial charge < -0.3 is 10.1 Å². The number of alkyl carbamates (subject to hydrolysis) is 1. The first-order chi connectivity index (χ1) is 8.25. The maximum atomic E-state index is 11.3. The average molecular weight is 239 g/mol. The molecule has 4 nitrogen and oxygen atoms in total. The summed E-state index contributed by atoms with van der Waals surface area (Å²) in [4.78, 5) is 22.3. The molecule has 0 unspecified atom stereocenters. The summed E-state index contributed by atoms with van der Waals surface area (Å²) in [6.45, 7) is 0.475. The molecule has 1 N–H and O–H groups in total. The Kier molecular flexibility index (Phi) is 4.40. The molecule has 0 bridgehead atoms. The molecule has 2 aliphatic rings. The van der Waals surface area contributed by atoms with Crippen LogP contribution in [0.25, 0.3) is 0 Å². The van der Waals surface area contributed by atoms with E-state index in [4.69, 9.17) is 4.74 Å². The summed E-state index contributed by atoms with van der Waals surface area (Å²) in [6.07, 6.45) is 8.40. The van der Waals surface area contributed by atoms with Crippen molar-refractivity contribution in [3.8, 4) is 0 Å². The zero-order valence-electron chi connectivity index (χ0n) is 10.2. The summed E-state index contributed by atoms with van der Waals surface area (Å²) in [5.41, 5.74) is 0. The Bertz CT molecular complexity index is 284. The number of nitrogens with one attached hydrogen (secondary N) is 1. The second-order valence-electron chi connectivity index (χ2n) is 5.13. The SMILES string of the molecule is O=C(N[C@H]1CCC1=O)OCCCC1CCCC1. The molecule has 0 aromatic carbocycles. The van der Waals surface area contributed by atoms with E-state index in [2.05, 4.69) is 5.32 Å². The quantitative estimate of drug-likeness (QED) is 0.749. The molecule has 96 valence electrons. The zero-order chi connectivity index (χ0) is 12.1. The minimum Gasteiger partial charge on any atom is -0.450 e. The van der Waals surface area contributed by atoms with Crippen molar-refractivity contribution in [3.63, 3.8) is 0 Å². The van der Waals surface area contributed by atoms with Gasteiger partial charge in [-0.15, -0.1) is 0 Å². The normalized spacial score (nSPS) is 24.5. The molecular formula is C13H21NO3. The van der Waals surface area contributed by atoms with Crippen LogP contribution in [0.5, 0.6) is 0 Å². The average Bonchev–Trinajstić information content (AvgIpc) is 2.83. The van der Waals surface area contributed by atoms with Crippen LogP contribution in [0.15, 0.2) is 0 Å². The van der Waals surface area contributed by atoms with Gasteiger partial charge in [0.1, 0.15) is 0 Å². The molecule has 4 heteroatoms. The predicted molar refractivity (Wildman–Crippen MR) is 63.7 cm³/mol. The lowest BCUT2D eigenvalue weighted by Crippen LogP contribution is -2.47. The van der Waals surface area contributed by atoms with Crippen molar-refractivity contribution in [1.29, 1.82) is 0 Å². The Balaban J connectivity index is 1.49. The van der Waals surface area contributed by atoms with Crippen LogP contribution in [0.2, 0.25) is 0 Å². The highest BCUT2D eigenvalue weighted by molar-refractivity contribution is 5.92. The van der Waals surface area contributed by atoms with Gasteiger partial charge in [-0.3, -0.25) is 4.79 Å². The highest BCUT2D eigenvalue weighted by atomic mass is 16.5. The fourth-order valence-electron chi connectivity index (χ4n) is 2.58. The molecule has 1 amide bonds. The molecule has 2 fully saturated rings. The molecular weight excluding hydrogens is 218 g/mol. The van der Waals surface area contributed by atoms with Gasteiger partial charge in [0.05, 0.1) is 12.6 Å². The van der Waals surface area contributed by atoms with Crippen molar-refractivity contribution >= 4 is 11.9 Å². The first kappa shape index (κ1) is 12.4. The lowest BCUT2D eigenvalue weighted by Gasteiger charge is -2.24. The van der Waals surface area contributed by atoms with Crippen molar-refractivity contribution < 1.29 is 14.3 Å². The number of carbonyl (C=O) groups is 2. The first-order valence-electron chi connectivity index (χ1n) is 6.71. The van der Waals surface area contributed by atoms with E-state index in [1.807, 2.05) is 0 Å². The highest BCUT2D eigenvalue weighted by Crippen LogP contribution is 2.28. The molecule has 0 radical (unpaired) electrons. The molecule has 17 heavy (non-hydrogen) atoms. The van der Waals surface area contributed by atoms with Gasteiger partial charge in [-0.1, -0.05) is 25.7 Å². The number of rotatable bonds is 5. The van der Waals surface area contributed by atoms with E-state index in [0.29, 0.717) is 13.0 Å². The largest absolute Gasteiger partial charge is 0.450 e. The third-order valence-corrected chi connectivity index (χ3v) is 3.82. The van der Waals surface area contributed by atoms with Crippen LogP contribution in [0.4, 0.5) is 4.79 Å². The van der Waals surface area contributed by atoms with E-state index in [1.165, 1.54) is 25.7 Å². The first-order valence-corrected chi connectivity index (χ1v) is 6.71. The summed E-state index contributed by atoms with van der Waals surface area (Å²) in [6, 6.07) is -0.280. The maximum Gasteiger partial charge on any atom is 0.407 e. The summed E-state index contributed by atoms with van der Waals surface area (Å²) in [5.74, 6) is 0.961. The van der Waals surface area contributed by atoms with Gasteiger partial charge in [0, 0.05) is 6.42 Å². The fourth-order valence-corrected chi connectivity index (χ4v) is 2.58. The molecule has 0 aromatic heterocycles. The van der Waals surface area contributed by atoms with Crippen molar-refractivity contribution in [2.75, 3.05) is 6.61 Å². The lowest BCUT2D eigenvalue weighted by molar-refractivity contribution is -0.126. The van der Waals surface area contributed by atoms with Gasteiger partial charge in [-0.05, 0) is 25.2 Å². The minimum atomic E-state index is -0.436. The van der Waals surface area contributed by atoms with Crippen LogP contribution in [0, 0.1) is 5.92 Å². The van der Waals surface area contributed by atoms with Crippen LogP contribution in [-0.4, -0.2) is 24.5 Å². The minimum absolute atomic E-state index is 0.118.